The predicted octanol–water partition coefficient (Wildman–Crippen LogP) is 3.36. The Bertz CT molecular complexity index is 493. The zero-order chi connectivity index (χ0) is 14.0. The van der Waals surface area contributed by atoms with Crippen molar-refractivity contribution in [1.29, 1.82) is 0 Å². The Morgan fingerprint density at radius 3 is 2.89 bits per heavy atom. The van der Waals surface area contributed by atoms with E-state index in [-0.39, 0.29) is 5.56 Å². The average Bonchev–Trinajstić information content (AvgIpc) is 2.83. The Morgan fingerprint density at radius 2 is 2.21 bits per heavy atom. The van der Waals surface area contributed by atoms with Crippen LogP contribution >= 0.6 is 11.6 Å². The van der Waals surface area contributed by atoms with E-state index < -0.39 is 23.1 Å². The fourth-order valence-corrected chi connectivity index (χ4v) is 2.73. The third-order valence-electron chi connectivity index (χ3n) is 3.59. The van der Waals surface area contributed by atoms with Gasteiger partial charge in [-0.25, -0.2) is 8.78 Å². The monoisotopic (exact) mass is 287 g/mol. The number of rotatable bonds is 3. The maximum Gasteiger partial charge on any atom is 0.259 e. The number of carbonyl (C=O) groups excluding carboxylic acids is 1. The van der Waals surface area contributed by atoms with Crippen molar-refractivity contribution in [2.75, 3.05) is 19.0 Å². The molecule has 0 saturated carbocycles. The second-order valence-electron chi connectivity index (χ2n) is 4.94. The molecule has 1 aromatic rings. The van der Waals surface area contributed by atoms with Gasteiger partial charge in [-0.15, -0.1) is 11.6 Å². The van der Waals surface area contributed by atoms with E-state index in [1.165, 1.54) is 17.9 Å². The minimum absolute atomic E-state index is 0.279. The highest BCUT2D eigenvalue weighted by Crippen LogP contribution is 2.24. The van der Waals surface area contributed by atoms with Gasteiger partial charge in [-0.05, 0) is 37.3 Å². The van der Waals surface area contributed by atoms with Crippen molar-refractivity contribution in [3.8, 4) is 0 Å². The number of aryl methyl sites for hydroxylation is 1. The van der Waals surface area contributed by atoms with Crippen LogP contribution in [0.15, 0.2) is 12.1 Å². The molecule has 0 radical (unpaired) electrons. The van der Waals surface area contributed by atoms with Crippen molar-refractivity contribution in [3.05, 3.63) is 34.9 Å². The number of likely N-dealkylation sites (tertiary alicyclic amines) is 1. The summed E-state index contributed by atoms with van der Waals surface area (Å²) in [6.45, 7) is 2.58. The maximum atomic E-state index is 13.9. The van der Waals surface area contributed by atoms with Gasteiger partial charge in [-0.1, -0.05) is 6.07 Å². The van der Waals surface area contributed by atoms with Crippen LogP contribution in [0.2, 0.25) is 0 Å². The van der Waals surface area contributed by atoms with E-state index in [9.17, 15) is 13.6 Å². The highest BCUT2D eigenvalue weighted by atomic mass is 35.5. The van der Waals surface area contributed by atoms with Crippen molar-refractivity contribution in [2.24, 2.45) is 5.92 Å². The number of hydrogen-bond donors (Lipinski definition) is 0. The molecule has 0 aliphatic carbocycles. The van der Waals surface area contributed by atoms with Crippen LogP contribution in [0.4, 0.5) is 8.78 Å². The zero-order valence-corrected chi connectivity index (χ0v) is 11.5. The molecule has 1 heterocycles. The Balaban J connectivity index is 2.19. The summed E-state index contributed by atoms with van der Waals surface area (Å²) in [5.41, 5.74) is -0.159. The van der Waals surface area contributed by atoms with E-state index >= 15 is 0 Å². The molecule has 1 aromatic carbocycles. The highest BCUT2D eigenvalue weighted by molar-refractivity contribution is 6.17. The van der Waals surface area contributed by atoms with E-state index in [0.29, 0.717) is 24.9 Å². The first-order chi connectivity index (χ1) is 9.04. The maximum absolute atomic E-state index is 13.9. The van der Waals surface area contributed by atoms with Gasteiger partial charge in [0, 0.05) is 19.0 Å². The summed E-state index contributed by atoms with van der Waals surface area (Å²) in [7, 11) is 0. The van der Waals surface area contributed by atoms with Crippen LogP contribution < -0.4 is 0 Å². The number of amides is 1. The van der Waals surface area contributed by atoms with E-state index in [4.69, 9.17) is 11.6 Å². The topological polar surface area (TPSA) is 20.3 Å². The lowest BCUT2D eigenvalue weighted by atomic mass is 10.1. The molecule has 2 nitrogen and oxygen atoms in total. The van der Waals surface area contributed by atoms with Crippen LogP contribution in [0.1, 0.15) is 28.8 Å². The second-order valence-corrected chi connectivity index (χ2v) is 5.31. The molecule has 1 fully saturated rings. The molecule has 1 atom stereocenters. The van der Waals surface area contributed by atoms with E-state index in [1.807, 2.05) is 0 Å². The summed E-state index contributed by atoms with van der Waals surface area (Å²) >= 11 is 5.67. The molecule has 1 amide bonds. The molecule has 1 aliphatic heterocycles. The largest absolute Gasteiger partial charge is 0.338 e. The second kappa shape index (κ2) is 5.87. The number of hydrogen-bond acceptors (Lipinski definition) is 1. The van der Waals surface area contributed by atoms with Crippen LogP contribution in [0.25, 0.3) is 0 Å². The van der Waals surface area contributed by atoms with Gasteiger partial charge in [0.25, 0.3) is 5.91 Å². The molecule has 0 aromatic heterocycles. The SMILES string of the molecule is Cc1ccc(F)c(C(=O)N2CCC(CCCl)C2)c1F. The summed E-state index contributed by atoms with van der Waals surface area (Å²) < 4.78 is 27.6. The summed E-state index contributed by atoms with van der Waals surface area (Å²) in [6.07, 6.45) is 1.66. The smallest absolute Gasteiger partial charge is 0.259 e. The first-order valence-electron chi connectivity index (χ1n) is 6.34. The lowest BCUT2D eigenvalue weighted by molar-refractivity contribution is 0.0777. The summed E-state index contributed by atoms with van der Waals surface area (Å²) in [5.74, 6) is -1.24. The number of benzene rings is 1. The first kappa shape index (κ1) is 14.3. The van der Waals surface area contributed by atoms with Gasteiger partial charge in [0.15, 0.2) is 0 Å². The van der Waals surface area contributed by atoms with E-state index in [2.05, 4.69) is 0 Å². The minimum atomic E-state index is -0.797. The van der Waals surface area contributed by atoms with E-state index in [1.54, 1.807) is 0 Å². The lowest BCUT2D eigenvalue weighted by Gasteiger charge is -2.17. The Kier molecular flexibility index (Phi) is 4.40. The van der Waals surface area contributed by atoms with Crippen molar-refractivity contribution in [2.45, 2.75) is 19.8 Å². The van der Waals surface area contributed by atoms with Crippen LogP contribution in [-0.2, 0) is 0 Å². The van der Waals surface area contributed by atoms with Crippen LogP contribution in [0.3, 0.4) is 0 Å². The Labute approximate surface area is 116 Å². The quantitative estimate of drug-likeness (QED) is 0.781. The van der Waals surface area contributed by atoms with Crippen molar-refractivity contribution in [3.63, 3.8) is 0 Å². The van der Waals surface area contributed by atoms with Gasteiger partial charge in [0.2, 0.25) is 0 Å². The minimum Gasteiger partial charge on any atom is -0.338 e. The molecule has 2 rings (SSSR count). The number of nitrogens with zero attached hydrogens (tertiary/aromatic N) is 1. The zero-order valence-electron chi connectivity index (χ0n) is 10.8. The molecule has 1 unspecified atom stereocenters. The number of carbonyl (C=O) groups is 1. The molecule has 1 saturated heterocycles. The van der Waals surface area contributed by atoms with Gasteiger partial charge < -0.3 is 4.90 Å². The average molecular weight is 288 g/mol. The normalized spacial score (nSPS) is 18.9. The van der Waals surface area contributed by atoms with Gasteiger partial charge in [0.05, 0.1) is 0 Å². The Hall–Kier alpha value is -1.16. The molecule has 19 heavy (non-hydrogen) atoms. The first-order valence-corrected chi connectivity index (χ1v) is 6.88. The van der Waals surface area contributed by atoms with Gasteiger partial charge in [-0.2, -0.15) is 0 Å². The summed E-state index contributed by atoms with van der Waals surface area (Å²) in [4.78, 5) is 13.7. The summed E-state index contributed by atoms with van der Waals surface area (Å²) in [6, 6.07) is 2.47. The van der Waals surface area contributed by atoms with Gasteiger partial charge in [0.1, 0.15) is 17.2 Å². The van der Waals surface area contributed by atoms with Gasteiger partial charge in [-0.3, -0.25) is 4.79 Å². The fraction of sp³-hybridized carbons (Fsp3) is 0.500. The standard InChI is InChI=1S/C14H16ClF2NO/c1-9-2-3-11(16)12(13(9)17)14(19)18-7-5-10(8-18)4-6-15/h2-3,10H,4-8H2,1H3. The third kappa shape index (κ3) is 2.89. The highest BCUT2D eigenvalue weighted by Gasteiger charge is 2.30. The van der Waals surface area contributed by atoms with Crippen LogP contribution in [0, 0.1) is 24.5 Å². The molecule has 1 aliphatic rings. The fourth-order valence-electron chi connectivity index (χ4n) is 2.42. The number of halogens is 3. The summed E-state index contributed by atoms with van der Waals surface area (Å²) in [5, 5.41) is 0. The molecule has 5 heteroatoms. The molecular weight excluding hydrogens is 272 g/mol. The third-order valence-corrected chi connectivity index (χ3v) is 3.81. The molecule has 104 valence electrons. The predicted molar refractivity (Wildman–Crippen MR) is 70.4 cm³/mol. The molecule has 0 N–H and O–H groups in total. The van der Waals surface area contributed by atoms with E-state index in [0.717, 1.165) is 18.9 Å². The van der Waals surface area contributed by atoms with Crippen molar-refractivity contribution in [1.82, 2.24) is 4.90 Å². The van der Waals surface area contributed by atoms with Crippen LogP contribution in [-0.4, -0.2) is 29.8 Å². The van der Waals surface area contributed by atoms with Crippen LogP contribution in [0.5, 0.6) is 0 Å². The Morgan fingerprint density at radius 1 is 1.47 bits per heavy atom. The number of alkyl halides is 1. The molecule has 0 spiro atoms. The van der Waals surface area contributed by atoms with Gasteiger partial charge >= 0.3 is 0 Å². The molecule has 0 bridgehead atoms. The van der Waals surface area contributed by atoms with Crippen molar-refractivity contribution < 1.29 is 13.6 Å². The van der Waals surface area contributed by atoms with Crippen molar-refractivity contribution >= 4 is 17.5 Å². The lowest BCUT2D eigenvalue weighted by Crippen LogP contribution is -2.30. The molecular formula is C14H16ClF2NO.